The zero-order valence-electron chi connectivity index (χ0n) is 15.8. The summed E-state index contributed by atoms with van der Waals surface area (Å²) in [6.45, 7) is 4.47. The van der Waals surface area contributed by atoms with Crippen LogP contribution < -0.4 is 9.04 Å². The number of ketones is 1. The molecule has 2 aromatic rings. The molecule has 6 nitrogen and oxygen atoms in total. The molecular formula is C20H22N2O4S2. The number of amidine groups is 1. The molecule has 28 heavy (non-hydrogen) atoms. The van der Waals surface area contributed by atoms with Gasteiger partial charge in [0, 0.05) is 17.9 Å². The summed E-state index contributed by atoms with van der Waals surface area (Å²) in [5, 5.41) is 0.450. The molecule has 0 fully saturated rings. The van der Waals surface area contributed by atoms with Crippen molar-refractivity contribution in [2.24, 2.45) is 4.99 Å². The number of aliphatic imine (C=N–C) groups is 1. The minimum Gasteiger partial charge on any atom is -0.494 e. The van der Waals surface area contributed by atoms with Crippen molar-refractivity contribution >= 4 is 38.4 Å². The third-order valence-corrected chi connectivity index (χ3v) is 7.05. The fourth-order valence-electron chi connectivity index (χ4n) is 2.73. The summed E-state index contributed by atoms with van der Waals surface area (Å²) in [6.07, 6.45) is 0.915. The highest BCUT2D eigenvalue weighted by Gasteiger charge is 2.30. The number of rotatable bonds is 6. The van der Waals surface area contributed by atoms with Crippen LogP contribution in [-0.2, 0) is 10.0 Å². The van der Waals surface area contributed by atoms with Crippen LogP contribution in [-0.4, -0.2) is 38.3 Å². The summed E-state index contributed by atoms with van der Waals surface area (Å²) in [7, 11) is -3.89. The van der Waals surface area contributed by atoms with Gasteiger partial charge in [0.25, 0.3) is 10.0 Å². The van der Waals surface area contributed by atoms with Gasteiger partial charge in [-0.1, -0.05) is 23.9 Å². The summed E-state index contributed by atoms with van der Waals surface area (Å²) >= 11 is 1.42. The van der Waals surface area contributed by atoms with Gasteiger partial charge in [-0.3, -0.25) is 9.79 Å². The Morgan fingerprint density at radius 2 is 1.82 bits per heavy atom. The molecule has 3 rings (SSSR count). The highest BCUT2D eigenvalue weighted by Crippen LogP contribution is 2.31. The second-order valence-electron chi connectivity index (χ2n) is 6.14. The van der Waals surface area contributed by atoms with Crippen molar-refractivity contribution < 1.29 is 17.9 Å². The highest BCUT2D eigenvalue weighted by atomic mass is 32.2. The van der Waals surface area contributed by atoms with Gasteiger partial charge in [-0.15, -0.1) is 0 Å². The van der Waals surface area contributed by atoms with Crippen LogP contribution in [0.4, 0.5) is 5.69 Å². The van der Waals surface area contributed by atoms with Crippen LogP contribution in [0, 0.1) is 0 Å². The number of nitrogens with zero attached hydrogens (tertiary/aromatic N) is 2. The molecule has 0 aliphatic carbocycles. The van der Waals surface area contributed by atoms with Gasteiger partial charge >= 0.3 is 0 Å². The van der Waals surface area contributed by atoms with Crippen molar-refractivity contribution in [1.82, 2.24) is 0 Å². The molecule has 0 saturated carbocycles. The molecule has 1 heterocycles. The lowest BCUT2D eigenvalue weighted by Crippen LogP contribution is -2.36. The SMILES string of the molecule is CCOc1ccc(N(C2=NCCCS2)S(=O)(=O)c2ccc(C(C)=O)cc2)cc1. The van der Waals surface area contributed by atoms with Crippen LogP contribution in [0.1, 0.15) is 30.6 Å². The minimum atomic E-state index is -3.89. The standard InChI is InChI=1S/C20H22N2O4S2/c1-3-26-18-9-7-17(8-10-18)22(20-21-13-4-14-27-20)28(24,25)19-11-5-16(6-12-19)15(2)23/h5-12H,3-4,13-14H2,1-2H3. The smallest absolute Gasteiger partial charge is 0.270 e. The van der Waals surface area contributed by atoms with Crippen molar-refractivity contribution in [2.75, 3.05) is 23.2 Å². The summed E-state index contributed by atoms with van der Waals surface area (Å²) < 4.78 is 33.6. The van der Waals surface area contributed by atoms with Crippen LogP contribution in [0.5, 0.6) is 5.75 Å². The number of hydrogen-bond acceptors (Lipinski definition) is 6. The molecule has 0 bridgehead atoms. The van der Waals surface area contributed by atoms with E-state index in [2.05, 4.69) is 4.99 Å². The van der Waals surface area contributed by atoms with Gasteiger partial charge in [0.2, 0.25) is 0 Å². The molecule has 0 N–H and O–H groups in total. The first kappa shape index (κ1) is 20.4. The van der Waals surface area contributed by atoms with Crippen molar-refractivity contribution in [3.05, 3.63) is 54.1 Å². The van der Waals surface area contributed by atoms with E-state index in [9.17, 15) is 13.2 Å². The van der Waals surface area contributed by atoms with Crippen molar-refractivity contribution in [2.45, 2.75) is 25.2 Å². The van der Waals surface area contributed by atoms with Crippen LogP contribution >= 0.6 is 11.8 Å². The van der Waals surface area contributed by atoms with E-state index in [1.165, 1.54) is 47.3 Å². The maximum Gasteiger partial charge on any atom is 0.270 e. The third-order valence-electron chi connectivity index (χ3n) is 4.14. The quantitative estimate of drug-likeness (QED) is 0.664. The molecule has 0 atom stereocenters. The number of Topliss-reactive ketones (excluding diaryl/α,β-unsaturated/α-hetero) is 1. The predicted molar refractivity (Wildman–Crippen MR) is 113 cm³/mol. The van der Waals surface area contributed by atoms with Gasteiger partial charge in [-0.25, -0.2) is 12.7 Å². The third kappa shape index (κ3) is 4.39. The summed E-state index contributed by atoms with van der Waals surface area (Å²) in [4.78, 5) is 16.1. The largest absolute Gasteiger partial charge is 0.494 e. The zero-order valence-corrected chi connectivity index (χ0v) is 17.4. The van der Waals surface area contributed by atoms with Crippen LogP contribution in [0.15, 0.2) is 58.4 Å². The summed E-state index contributed by atoms with van der Waals surface area (Å²) in [6, 6.07) is 12.9. The fraction of sp³-hybridized carbons (Fsp3) is 0.300. The average molecular weight is 419 g/mol. The van der Waals surface area contributed by atoms with E-state index in [0.29, 0.717) is 35.3 Å². The van der Waals surface area contributed by atoms with E-state index in [0.717, 1.165) is 12.2 Å². The Kier molecular flexibility index (Phi) is 6.41. The Morgan fingerprint density at radius 1 is 1.14 bits per heavy atom. The Bertz CT molecular complexity index is 968. The van der Waals surface area contributed by atoms with E-state index in [-0.39, 0.29) is 10.7 Å². The number of benzene rings is 2. The highest BCUT2D eigenvalue weighted by molar-refractivity contribution is 8.15. The second-order valence-corrected chi connectivity index (χ2v) is 8.99. The number of sulfonamides is 1. The Balaban J connectivity index is 2.04. The lowest BCUT2D eigenvalue weighted by Gasteiger charge is -2.27. The molecule has 148 valence electrons. The van der Waals surface area contributed by atoms with Crippen molar-refractivity contribution in [1.29, 1.82) is 0 Å². The van der Waals surface area contributed by atoms with E-state index in [1.54, 1.807) is 24.3 Å². The maximum absolute atomic E-state index is 13.4. The maximum atomic E-state index is 13.4. The second kappa shape index (κ2) is 8.79. The van der Waals surface area contributed by atoms with E-state index in [4.69, 9.17) is 4.74 Å². The first-order valence-electron chi connectivity index (χ1n) is 9.00. The Morgan fingerprint density at radius 3 is 2.36 bits per heavy atom. The number of anilines is 1. The number of carbonyl (C=O) groups is 1. The molecule has 0 amide bonds. The minimum absolute atomic E-state index is 0.111. The molecule has 8 heteroatoms. The van der Waals surface area contributed by atoms with E-state index >= 15 is 0 Å². The Hall–Kier alpha value is -2.32. The number of hydrogen-bond donors (Lipinski definition) is 0. The first-order chi connectivity index (χ1) is 13.4. The van der Waals surface area contributed by atoms with Gasteiger partial charge < -0.3 is 4.74 Å². The van der Waals surface area contributed by atoms with Crippen LogP contribution in [0.25, 0.3) is 0 Å². The van der Waals surface area contributed by atoms with E-state index in [1.807, 2.05) is 6.92 Å². The Labute approximate surface area is 169 Å². The van der Waals surface area contributed by atoms with Gasteiger partial charge in [0.1, 0.15) is 5.75 Å². The van der Waals surface area contributed by atoms with Gasteiger partial charge in [0.15, 0.2) is 11.0 Å². The molecule has 2 aromatic carbocycles. The summed E-state index contributed by atoms with van der Waals surface area (Å²) in [5.41, 5.74) is 0.961. The van der Waals surface area contributed by atoms with Gasteiger partial charge in [0.05, 0.1) is 17.2 Å². The first-order valence-corrected chi connectivity index (χ1v) is 11.4. The number of carbonyl (C=O) groups excluding carboxylic acids is 1. The summed E-state index contributed by atoms with van der Waals surface area (Å²) in [5.74, 6) is 1.37. The average Bonchev–Trinajstić information content (AvgIpc) is 2.70. The predicted octanol–water partition coefficient (Wildman–Crippen LogP) is 3.98. The molecule has 0 saturated heterocycles. The lowest BCUT2D eigenvalue weighted by molar-refractivity contribution is 0.101. The monoisotopic (exact) mass is 418 g/mol. The van der Waals surface area contributed by atoms with Crippen LogP contribution in [0.3, 0.4) is 0 Å². The number of thioether (sulfide) groups is 1. The molecular weight excluding hydrogens is 396 g/mol. The fourth-order valence-corrected chi connectivity index (χ4v) is 5.40. The van der Waals surface area contributed by atoms with Crippen molar-refractivity contribution in [3.63, 3.8) is 0 Å². The molecule has 1 aliphatic rings. The van der Waals surface area contributed by atoms with Gasteiger partial charge in [-0.2, -0.15) is 0 Å². The molecule has 0 aromatic heterocycles. The molecule has 0 spiro atoms. The van der Waals surface area contributed by atoms with Crippen molar-refractivity contribution in [3.8, 4) is 5.75 Å². The van der Waals surface area contributed by atoms with E-state index < -0.39 is 10.0 Å². The molecule has 1 aliphatic heterocycles. The topological polar surface area (TPSA) is 76.0 Å². The zero-order chi connectivity index (χ0) is 20.1. The van der Waals surface area contributed by atoms with Gasteiger partial charge in [-0.05, 0) is 56.7 Å². The lowest BCUT2D eigenvalue weighted by atomic mass is 10.2. The normalized spacial score (nSPS) is 14.3. The molecule has 0 unspecified atom stereocenters. The number of ether oxygens (including phenoxy) is 1. The molecule has 0 radical (unpaired) electrons. The van der Waals surface area contributed by atoms with Crippen LogP contribution in [0.2, 0.25) is 0 Å².